The van der Waals surface area contributed by atoms with Gasteiger partial charge in [0.15, 0.2) is 10.9 Å². The SMILES string of the molecule is CC(=O)CC(=S)Cc1ccc(NC(=S)NC(=O)c2ccc(-c3cccc(Cl)c3Cl)o2)cc1. The van der Waals surface area contributed by atoms with E-state index in [4.69, 9.17) is 52.1 Å². The summed E-state index contributed by atoms with van der Waals surface area (Å²) in [6, 6.07) is 15.7. The molecule has 0 aliphatic heterocycles. The fourth-order valence-corrected chi connectivity index (χ4v) is 3.87. The molecule has 0 saturated carbocycles. The molecule has 0 aliphatic rings. The van der Waals surface area contributed by atoms with Crippen molar-refractivity contribution in [1.29, 1.82) is 0 Å². The molecule has 0 unspecified atom stereocenters. The molecule has 0 radical (unpaired) electrons. The Labute approximate surface area is 206 Å². The monoisotopic (exact) mass is 504 g/mol. The summed E-state index contributed by atoms with van der Waals surface area (Å²) in [6.45, 7) is 1.52. The molecule has 3 aromatic rings. The van der Waals surface area contributed by atoms with Crippen LogP contribution in [-0.4, -0.2) is 21.7 Å². The first kappa shape index (κ1) is 24.1. The minimum atomic E-state index is -0.502. The number of thiocarbonyl (C=S) groups is 2. The number of hydrogen-bond donors (Lipinski definition) is 2. The molecule has 0 bridgehead atoms. The zero-order valence-electron chi connectivity index (χ0n) is 16.9. The van der Waals surface area contributed by atoms with Crippen molar-refractivity contribution in [2.75, 3.05) is 5.32 Å². The summed E-state index contributed by atoms with van der Waals surface area (Å²) >= 11 is 22.7. The lowest BCUT2D eigenvalue weighted by Crippen LogP contribution is -2.33. The summed E-state index contributed by atoms with van der Waals surface area (Å²) in [4.78, 5) is 24.3. The van der Waals surface area contributed by atoms with Crippen LogP contribution in [0, 0.1) is 0 Å². The van der Waals surface area contributed by atoms with E-state index in [-0.39, 0.29) is 16.7 Å². The molecule has 0 atom stereocenters. The van der Waals surface area contributed by atoms with E-state index in [2.05, 4.69) is 10.6 Å². The maximum atomic E-state index is 12.5. The Kier molecular flexibility index (Phi) is 8.15. The zero-order valence-corrected chi connectivity index (χ0v) is 20.1. The highest BCUT2D eigenvalue weighted by atomic mass is 35.5. The molecule has 0 aliphatic carbocycles. The topological polar surface area (TPSA) is 71.3 Å². The summed E-state index contributed by atoms with van der Waals surface area (Å²) in [7, 11) is 0. The third-order valence-electron chi connectivity index (χ3n) is 4.33. The molecule has 164 valence electrons. The van der Waals surface area contributed by atoms with Crippen LogP contribution in [0.2, 0.25) is 10.0 Å². The van der Waals surface area contributed by atoms with Crippen molar-refractivity contribution in [2.24, 2.45) is 0 Å². The Morgan fingerprint density at radius 1 is 1.00 bits per heavy atom. The first-order valence-electron chi connectivity index (χ1n) is 9.49. The minimum Gasteiger partial charge on any atom is -0.451 e. The summed E-state index contributed by atoms with van der Waals surface area (Å²) < 4.78 is 5.62. The van der Waals surface area contributed by atoms with Gasteiger partial charge < -0.3 is 9.73 Å². The fourth-order valence-electron chi connectivity index (χ4n) is 2.90. The van der Waals surface area contributed by atoms with E-state index in [1.807, 2.05) is 24.3 Å². The number of amides is 1. The maximum absolute atomic E-state index is 12.5. The molecule has 9 heteroatoms. The summed E-state index contributed by atoms with van der Waals surface area (Å²) in [5, 5.41) is 6.37. The van der Waals surface area contributed by atoms with Gasteiger partial charge in [0.1, 0.15) is 11.5 Å². The van der Waals surface area contributed by atoms with Crippen LogP contribution in [0.25, 0.3) is 11.3 Å². The predicted molar refractivity (Wildman–Crippen MR) is 136 cm³/mol. The molecule has 1 heterocycles. The Balaban J connectivity index is 1.58. The molecule has 1 aromatic heterocycles. The second kappa shape index (κ2) is 10.8. The van der Waals surface area contributed by atoms with Gasteiger partial charge in [-0.25, -0.2) is 0 Å². The number of benzene rings is 2. The quantitative estimate of drug-likeness (QED) is 0.369. The van der Waals surface area contributed by atoms with Crippen molar-refractivity contribution in [2.45, 2.75) is 19.8 Å². The van der Waals surface area contributed by atoms with Crippen LogP contribution in [0.3, 0.4) is 0 Å². The zero-order chi connectivity index (χ0) is 23.3. The van der Waals surface area contributed by atoms with Crippen molar-refractivity contribution >= 4 is 75.0 Å². The Bertz CT molecular complexity index is 1190. The van der Waals surface area contributed by atoms with Crippen LogP contribution < -0.4 is 10.6 Å². The lowest BCUT2D eigenvalue weighted by atomic mass is 10.1. The lowest BCUT2D eigenvalue weighted by molar-refractivity contribution is -0.115. The molecule has 2 N–H and O–H groups in total. The number of hydrogen-bond acceptors (Lipinski definition) is 5. The van der Waals surface area contributed by atoms with E-state index in [1.165, 1.54) is 13.0 Å². The number of Topliss-reactive ketones (excluding diaryl/α,β-unsaturated/α-hetero) is 1. The normalized spacial score (nSPS) is 10.5. The molecule has 1 amide bonds. The standard InChI is InChI=1S/C23H18Cl2N2O3S2/c1-13(28)11-16(31)12-14-5-7-15(8-6-14)26-23(32)27-22(29)20-10-9-19(30-20)17-3-2-4-18(24)21(17)25/h2-10H,11-12H2,1H3,(H2,26,27,29,32). The van der Waals surface area contributed by atoms with Crippen LogP contribution in [-0.2, 0) is 11.2 Å². The third kappa shape index (κ3) is 6.46. The average molecular weight is 505 g/mol. The largest absolute Gasteiger partial charge is 0.451 e. The molecule has 0 spiro atoms. The first-order chi connectivity index (χ1) is 15.2. The van der Waals surface area contributed by atoms with Crippen molar-refractivity contribution in [3.63, 3.8) is 0 Å². The van der Waals surface area contributed by atoms with E-state index < -0.39 is 5.91 Å². The number of carbonyl (C=O) groups excluding carboxylic acids is 2. The molecular weight excluding hydrogens is 487 g/mol. The first-order valence-corrected chi connectivity index (χ1v) is 11.1. The number of halogens is 2. The van der Waals surface area contributed by atoms with Gasteiger partial charge in [-0.1, -0.05) is 53.6 Å². The third-order valence-corrected chi connectivity index (χ3v) is 5.64. The van der Waals surface area contributed by atoms with Gasteiger partial charge >= 0.3 is 0 Å². The average Bonchev–Trinajstić information content (AvgIpc) is 3.21. The van der Waals surface area contributed by atoms with Crippen LogP contribution in [0.1, 0.15) is 29.5 Å². The summed E-state index contributed by atoms with van der Waals surface area (Å²) in [5.74, 6) is 0.0427. The van der Waals surface area contributed by atoms with Crippen molar-refractivity contribution in [3.05, 3.63) is 76.0 Å². The van der Waals surface area contributed by atoms with E-state index in [9.17, 15) is 9.59 Å². The number of carbonyl (C=O) groups is 2. The van der Waals surface area contributed by atoms with Crippen LogP contribution in [0.15, 0.2) is 59.0 Å². The minimum absolute atomic E-state index is 0.0497. The number of anilines is 1. The van der Waals surface area contributed by atoms with Crippen molar-refractivity contribution in [1.82, 2.24) is 5.32 Å². The highest BCUT2D eigenvalue weighted by Gasteiger charge is 2.16. The van der Waals surface area contributed by atoms with Gasteiger partial charge in [0.25, 0.3) is 5.91 Å². The predicted octanol–water partition coefficient (Wildman–Crippen LogP) is 6.27. The highest BCUT2D eigenvalue weighted by Crippen LogP contribution is 2.34. The lowest BCUT2D eigenvalue weighted by Gasteiger charge is -2.10. The number of furan rings is 1. The van der Waals surface area contributed by atoms with E-state index in [1.54, 1.807) is 24.3 Å². The van der Waals surface area contributed by atoms with Crippen LogP contribution in [0.4, 0.5) is 5.69 Å². The Hall–Kier alpha value is -2.58. The van der Waals surface area contributed by atoms with Gasteiger partial charge in [-0.05, 0) is 61.1 Å². The Morgan fingerprint density at radius 2 is 1.72 bits per heavy atom. The van der Waals surface area contributed by atoms with Gasteiger partial charge in [-0.2, -0.15) is 0 Å². The summed E-state index contributed by atoms with van der Waals surface area (Å²) in [5.41, 5.74) is 2.27. The number of rotatable bonds is 7. The van der Waals surface area contributed by atoms with Gasteiger partial charge in [0.05, 0.1) is 10.0 Å². The molecule has 0 saturated heterocycles. The number of ketones is 1. The fraction of sp³-hybridized carbons (Fsp3) is 0.130. The maximum Gasteiger partial charge on any atom is 0.293 e. The molecule has 5 nitrogen and oxygen atoms in total. The van der Waals surface area contributed by atoms with E-state index in [0.717, 1.165) is 5.56 Å². The van der Waals surface area contributed by atoms with Crippen molar-refractivity contribution in [3.8, 4) is 11.3 Å². The van der Waals surface area contributed by atoms with Gasteiger partial charge in [-0.3, -0.25) is 14.9 Å². The molecular formula is C23H18Cl2N2O3S2. The second-order valence-electron chi connectivity index (χ2n) is 6.96. The van der Waals surface area contributed by atoms with Gasteiger partial charge in [-0.15, -0.1) is 0 Å². The molecule has 0 fully saturated rings. The molecule has 3 rings (SSSR count). The van der Waals surface area contributed by atoms with Crippen LogP contribution in [0.5, 0.6) is 0 Å². The molecule has 32 heavy (non-hydrogen) atoms. The summed E-state index contributed by atoms with van der Waals surface area (Å²) in [6.07, 6.45) is 0.845. The van der Waals surface area contributed by atoms with Crippen molar-refractivity contribution < 1.29 is 14.0 Å². The highest BCUT2D eigenvalue weighted by molar-refractivity contribution is 7.80. The smallest absolute Gasteiger partial charge is 0.293 e. The van der Waals surface area contributed by atoms with E-state index >= 15 is 0 Å². The van der Waals surface area contributed by atoms with E-state index in [0.29, 0.717) is 44.8 Å². The van der Waals surface area contributed by atoms with Gasteiger partial charge in [0.2, 0.25) is 0 Å². The number of nitrogens with one attached hydrogen (secondary N) is 2. The van der Waals surface area contributed by atoms with Gasteiger partial charge in [0, 0.05) is 29.0 Å². The van der Waals surface area contributed by atoms with Crippen LogP contribution >= 0.6 is 47.6 Å². The Morgan fingerprint density at radius 3 is 2.41 bits per heavy atom. The molecule has 2 aromatic carbocycles. The second-order valence-corrected chi connectivity index (χ2v) is 8.74.